The summed E-state index contributed by atoms with van der Waals surface area (Å²) in [6.07, 6.45) is 4.46. The second-order valence-electron chi connectivity index (χ2n) is 14.0. The van der Waals surface area contributed by atoms with Crippen LogP contribution in [0, 0.1) is 13.8 Å². The topological polar surface area (TPSA) is 6.48 Å². The fraction of sp³-hybridized carbons (Fsp3) is 0.102. The quantitative estimate of drug-likeness (QED) is 0.150. The van der Waals surface area contributed by atoms with Crippen LogP contribution in [0.4, 0.5) is 34.1 Å². The first kappa shape index (κ1) is 32.1. The minimum atomic E-state index is -0.144. The Kier molecular flexibility index (Phi) is 8.37. The Bertz CT molecular complexity index is 2290. The van der Waals surface area contributed by atoms with E-state index in [1.165, 1.54) is 55.9 Å². The van der Waals surface area contributed by atoms with Crippen LogP contribution in [-0.4, -0.2) is 0 Å². The molecule has 0 heterocycles. The fourth-order valence-electron chi connectivity index (χ4n) is 7.45. The van der Waals surface area contributed by atoms with Gasteiger partial charge in [0.15, 0.2) is 0 Å². The van der Waals surface area contributed by atoms with Gasteiger partial charge in [0.1, 0.15) is 0 Å². The van der Waals surface area contributed by atoms with Gasteiger partial charge in [0.25, 0.3) is 0 Å². The minimum absolute atomic E-state index is 0.144. The van der Waals surface area contributed by atoms with Crippen LogP contribution in [-0.2, 0) is 5.41 Å². The minimum Gasteiger partial charge on any atom is -0.311 e. The van der Waals surface area contributed by atoms with Gasteiger partial charge in [0.05, 0.1) is 0 Å². The summed E-state index contributed by atoms with van der Waals surface area (Å²) in [5.41, 5.74) is 17.0. The van der Waals surface area contributed by atoms with Crippen LogP contribution in [0.1, 0.15) is 47.2 Å². The molecule has 0 aliphatic heterocycles. The van der Waals surface area contributed by atoms with Crippen LogP contribution < -0.4 is 9.80 Å². The van der Waals surface area contributed by atoms with Crippen LogP contribution in [0.2, 0.25) is 0 Å². The molecule has 0 saturated heterocycles. The van der Waals surface area contributed by atoms with E-state index in [0.29, 0.717) is 0 Å². The summed E-state index contributed by atoms with van der Waals surface area (Å²) in [7, 11) is 0. The first-order valence-electron chi connectivity index (χ1n) is 17.8. The van der Waals surface area contributed by atoms with Crippen molar-refractivity contribution in [2.24, 2.45) is 0 Å². The monoisotopic (exact) mass is 658 g/mol. The van der Waals surface area contributed by atoms with Gasteiger partial charge in [-0.15, -0.1) is 0 Å². The van der Waals surface area contributed by atoms with Crippen LogP contribution in [0.15, 0.2) is 170 Å². The number of aryl methyl sites for hydroxylation is 2. The molecule has 0 atom stereocenters. The van der Waals surface area contributed by atoms with Gasteiger partial charge in [-0.05, 0) is 120 Å². The van der Waals surface area contributed by atoms with E-state index in [1.807, 2.05) is 0 Å². The third kappa shape index (κ3) is 6.15. The number of rotatable bonds is 8. The van der Waals surface area contributed by atoms with E-state index >= 15 is 0 Å². The van der Waals surface area contributed by atoms with E-state index in [0.717, 1.165) is 22.7 Å². The molecule has 0 saturated carbocycles. The molecule has 2 nitrogen and oxygen atoms in total. The van der Waals surface area contributed by atoms with Crippen molar-refractivity contribution < 1.29 is 0 Å². The number of anilines is 6. The largest absolute Gasteiger partial charge is 0.311 e. The van der Waals surface area contributed by atoms with E-state index in [2.05, 4.69) is 220 Å². The first-order valence-corrected chi connectivity index (χ1v) is 17.8. The highest BCUT2D eigenvalue weighted by atomic mass is 15.1. The van der Waals surface area contributed by atoms with Crippen molar-refractivity contribution in [2.45, 2.75) is 33.1 Å². The summed E-state index contributed by atoms with van der Waals surface area (Å²) in [5.74, 6) is 0. The molecule has 248 valence electrons. The molecule has 1 aliphatic rings. The van der Waals surface area contributed by atoms with Gasteiger partial charge in [0, 0.05) is 39.5 Å². The van der Waals surface area contributed by atoms with Crippen molar-refractivity contribution in [2.75, 3.05) is 9.80 Å². The molecule has 1 aliphatic carbocycles. The second kappa shape index (κ2) is 13.3. The third-order valence-corrected chi connectivity index (χ3v) is 10.2. The summed E-state index contributed by atoms with van der Waals surface area (Å²) < 4.78 is 0. The molecular weight excluding hydrogens is 617 g/mol. The molecular formula is C49H42N2. The lowest BCUT2D eigenvalue weighted by Gasteiger charge is -2.29. The maximum atomic E-state index is 2.41. The Morgan fingerprint density at radius 2 is 0.882 bits per heavy atom. The first-order chi connectivity index (χ1) is 24.9. The Balaban J connectivity index is 1.08. The lowest BCUT2D eigenvalue weighted by atomic mass is 9.81. The molecule has 0 spiro atoms. The summed E-state index contributed by atoms with van der Waals surface area (Å²) in [5, 5.41) is 0. The highest BCUT2D eigenvalue weighted by Crippen LogP contribution is 2.51. The van der Waals surface area contributed by atoms with Crippen molar-refractivity contribution in [1.82, 2.24) is 0 Å². The van der Waals surface area contributed by atoms with Crippen molar-refractivity contribution in [1.29, 1.82) is 0 Å². The summed E-state index contributed by atoms with van der Waals surface area (Å²) >= 11 is 0. The average Bonchev–Trinajstić information content (AvgIpc) is 3.39. The number of benzene rings is 7. The van der Waals surface area contributed by atoms with Crippen molar-refractivity contribution in [3.8, 4) is 11.1 Å². The molecule has 7 aromatic rings. The van der Waals surface area contributed by atoms with Gasteiger partial charge in [-0.2, -0.15) is 0 Å². The van der Waals surface area contributed by atoms with Gasteiger partial charge in [-0.25, -0.2) is 0 Å². The summed E-state index contributed by atoms with van der Waals surface area (Å²) in [4.78, 5) is 4.69. The zero-order valence-electron chi connectivity index (χ0n) is 29.7. The van der Waals surface area contributed by atoms with Gasteiger partial charge < -0.3 is 9.80 Å². The number of hydrogen-bond donors (Lipinski definition) is 0. The molecule has 0 unspecified atom stereocenters. The molecule has 7 aromatic carbocycles. The number of para-hydroxylation sites is 3. The molecule has 0 fully saturated rings. The Hall–Kier alpha value is -6.12. The number of nitrogens with zero attached hydrogens (tertiary/aromatic N) is 2. The molecule has 51 heavy (non-hydrogen) atoms. The standard InChI is InChI=1S/C49H42N2/c1-35-19-26-42(27-20-35)51(48-18-12-11-13-36(48)2)43-30-32-45-44-31-25-38(33-46(44)49(3,4)47(45)34-43)22-21-37-23-28-41(29-24-37)50(39-14-7-5-8-15-39)40-16-9-6-10-17-40/h5-34H,1-4H3. The maximum absolute atomic E-state index is 2.41. The molecule has 2 heteroatoms. The highest BCUT2D eigenvalue weighted by Gasteiger charge is 2.36. The van der Waals surface area contributed by atoms with E-state index in [-0.39, 0.29) is 5.41 Å². The summed E-state index contributed by atoms with van der Waals surface area (Å²) in [6, 6.07) is 61.3. The smallest absolute Gasteiger partial charge is 0.0490 e. The average molecular weight is 659 g/mol. The van der Waals surface area contributed by atoms with Crippen LogP contribution >= 0.6 is 0 Å². The molecule has 0 aromatic heterocycles. The highest BCUT2D eigenvalue weighted by molar-refractivity contribution is 5.87. The van der Waals surface area contributed by atoms with Crippen molar-refractivity contribution in [3.05, 3.63) is 203 Å². The van der Waals surface area contributed by atoms with Crippen LogP contribution in [0.5, 0.6) is 0 Å². The zero-order chi connectivity index (χ0) is 35.0. The van der Waals surface area contributed by atoms with Crippen molar-refractivity contribution >= 4 is 46.3 Å². The third-order valence-electron chi connectivity index (χ3n) is 10.2. The predicted octanol–water partition coefficient (Wildman–Crippen LogP) is 13.7. The molecule has 0 amide bonds. The number of fused-ring (bicyclic) bond motifs is 3. The van der Waals surface area contributed by atoms with E-state index in [4.69, 9.17) is 0 Å². The Morgan fingerprint density at radius 1 is 0.412 bits per heavy atom. The Labute approximate surface area is 302 Å². The number of hydrogen-bond acceptors (Lipinski definition) is 2. The SMILES string of the molecule is Cc1ccc(N(c2ccc3c(c2)C(C)(C)c2cc(C=Cc4ccc(N(c5ccccc5)c5ccccc5)cc4)ccc2-3)c2ccccc2C)cc1. The van der Waals surface area contributed by atoms with Gasteiger partial charge in [-0.1, -0.05) is 135 Å². The van der Waals surface area contributed by atoms with E-state index in [9.17, 15) is 0 Å². The van der Waals surface area contributed by atoms with Gasteiger partial charge in [-0.3, -0.25) is 0 Å². The van der Waals surface area contributed by atoms with Crippen molar-refractivity contribution in [3.63, 3.8) is 0 Å². The Morgan fingerprint density at radius 3 is 1.53 bits per heavy atom. The van der Waals surface area contributed by atoms with Crippen LogP contribution in [0.25, 0.3) is 23.3 Å². The van der Waals surface area contributed by atoms with Gasteiger partial charge >= 0.3 is 0 Å². The van der Waals surface area contributed by atoms with Gasteiger partial charge in [0.2, 0.25) is 0 Å². The van der Waals surface area contributed by atoms with E-state index < -0.39 is 0 Å². The summed E-state index contributed by atoms with van der Waals surface area (Å²) in [6.45, 7) is 9.06. The normalized spacial score (nSPS) is 12.8. The molecule has 0 radical (unpaired) electrons. The molecule has 0 N–H and O–H groups in total. The van der Waals surface area contributed by atoms with Crippen LogP contribution in [0.3, 0.4) is 0 Å². The van der Waals surface area contributed by atoms with E-state index in [1.54, 1.807) is 0 Å². The second-order valence-corrected chi connectivity index (χ2v) is 14.0. The fourth-order valence-corrected chi connectivity index (χ4v) is 7.45. The molecule has 0 bridgehead atoms. The lowest BCUT2D eigenvalue weighted by Crippen LogP contribution is -2.17. The zero-order valence-corrected chi connectivity index (χ0v) is 29.7. The molecule has 8 rings (SSSR count). The predicted molar refractivity (Wildman–Crippen MR) is 218 cm³/mol. The maximum Gasteiger partial charge on any atom is 0.0490 e. The lowest BCUT2D eigenvalue weighted by molar-refractivity contribution is 0.660.